The summed E-state index contributed by atoms with van der Waals surface area (Å²) in [4.78, 5) is 15.7. The zero-order valence-electron chi connectivity index (χ0n) is 12.0. The summed E-state index contributed by atoms with van der Waals surface area (Å²) in [6.07, 6.45) is 2.62. The number of aldehydes is 1. The van der Waals surface area contributed by atoms with Crippen LogP contribution in [0.1, 0.15) is 16.1 Å². The lowest BCUT2D eigenvalue weighted by Crippen LogP contribution is -1.97. The Morgan fingerprint density at radius 2 is 2.23 bits per heavy atom. The molecule has 22 heavy (non-hydrogen) atoms. The van der Waals surface area contributed by atoms with Gasteiger partial charge in [0.15, 0.2) is 11.4 Å². The molecule has 0 radical (unpaired) electrons. The van der Waals surface area contributed by atoms with E-state index in [2.05, 4.69) is 4.98 Å². The van der Waals surface area contributed by atoms with Crippen molar-refractivity contribution in [1.82, 2.24) is 9.55 Å². The maximum absolute atomic E-state index is 11.0. The molecule has 0 bridgehead atoms. The third-order valence-corrected chi connectivity index (χ3v) is 4.38. The number of rotatable bonds is 4. The van der Waals surface area contributed by atoms with Crippen LogP contribution in [0, 0.1) is 6.92 Å². The highest BCUT2D eigenvalue weighted by Gasteiger charge is 2.15. The Kier molecular flexibility index (Phi) is 4.00. The molecular formula is C16H13ClN2O2S. The minimum Gasteiger partial charge on any atom is -0.496 e. The highest BCUT2D eigenvalue weighted by atomic mass is 35.5. The first kappa shape index (κ1) is 14.8. The highest BCUT2D eigenvalue weighted by Crippen LogP contribution is 2.36. The highest BCUT2D eigenvalue weighted by molar-refractivity contribution is 7.12. The number of halogens is 1. The van der Waals surface area contributed by atoms with Gasteiger partial charge in [-0.3, -0.25) is 9.36 Å². The summed E-state index contributed by atoms with van der Waals surface area (Å²) in [5.74, 6) is 0.754. The van der Waals surface area contributed by atoms with Crippen LogP contribution in [0.5, 0.6) is 5.75 Å². The number of nitrogens with zero attached hydrogens (tertiary/aromatic N) is 2. The van der Waals surface area contributed by atoms with Crippen molar-refractivity contribution >= 4 is 29.2 Å². The van der Waals surface area contributed by atoms with Crippen molar-refractivity contribution in [3.05, 3.63) is 52.1 Å². The van der Waals surface area contributed by atoms with Crippen molar-refractivity contribution in [2.75, 3.05) is 7.11 Å². The molecule has 6 heteroatoms. The number of aryl methyl sites for hydroxylation is 1. The van der Waals surface area contributed by atoms with Crippen LogP contribution in [0.3, 0.4) is 0 Å². The van der Waals surface area contributed by atoms with Crippen LogP contribution in [0.25, 0.3) is 16.4 Å². The number of methoxy groups -OCH3 is 1. The number of benzene rings is 1. The number of carbonyl (C=O) groups excluding carboxylic acids is 1. The first-order valence-electron chi connectivity index (χ1n) is 6.57. The fraction of sp³-hybridized carbons (Fsp3) is 0.125. The van der Waals surface area contributed by atoms with Crippen LogP contribution < -0.4 is 4.74 Å². The molecule has 0 amide bonds. The lowest BCUT2D eigenvalue weighted by molar-refractivity contribution is 0.111. The molecule has 0 aliphatic rings. The number of hydrogen-bond donors (Lipinski definition) is 0. The third kappa shape index (κ3) is 2.53. The standard InChI is InChI=1S/C16H13ClN2O2S/c1-10-6-11(17)7-13(15(10)21-2)14-9-22-16(18-14)19-5-3-4-12(19)8-20/h3-9H,1-2H3. The van der Waals surface area contributed by atoms with Crippen LogP contribution in [-0.4, -0.2) is 22.9 Å². The molecule has 0 aliphatic carbocycles. The van der Waals surface area contributed by atoms with E-state index in [1.165, 1.54) is 11.3 Å². The summed E-state index contributed by atoms with van der Waals surface area (Å²) in [6, 6.07) is 7.25. The molecule has 0 saturated heterocycles. The number of carbonyl (C=O) groups is 1. The summed E-state index contributed by atoms with van der Waals surface area (Å²) < 4.78 is 7.23. The van der Waals surface area contributed by atoms with E-state index in [0.717, 1.165) is 34.0 Å². The fourth-order valence-corrected chi connectivity index (χ4v) is 3.45. The van der Waals surface area contributed by atoms with Gasteiger partial charge in [0, 0.05) is 22.2 Å². The van der Waals surface area contributed by atoms with Gasteiger partial charge in [-0.15, -0.1) is 11.3 Å². The SMILES string of the molecule is COc1c(C)cc(Cl)cc1-c1csc(-n2cccc2C=O)n1. The van der Waals surface area contributed by atoms with E-state index < -0.39 is 0 Å². The van der Waals surface area contributed by atoms with Crippen molar-refractivity contribution in [1.29, 1.82) is 0 Å². The van der Waals surface area contributed by atoms with Crippen molar-refractivity contribution < 1.29 is 9.53 Å². The molecule has 2 heterocycles. The largest absolute Gasteiger partial charge is 0.496 e. The second-order valence-corrected chi connectivity index (χ2v) is 6.01. The summed E-state index contributed by atoms with van der Waals surface area (Å²) in [7, 11) is 1.63. The molecule has 1 aromatic carbocycles. The second kappa shape index (κ2) is 5.94. The van der Waals surface area contributed by atoms with Gasteiger partial charge in [0.2, 0.25) is 0 Å². The van der Waals surface area contributed by atoms with Crippen LogP contribution in [0.15, 0.2) is 35.8 Å². The third-order valence-electron chi connectivity index (χ3n) is 3.32. The predicted molar refractivity (Wildman–Crippen MR) is 88.6 cm³/mol. The molecule has 0 fully saturated rings. The first-order valence-corrected chi connectivity index (χ1v) is 7.82. The van der Waals surface area contributed by atoms with Gasteiger partial charge in [-0.2, -0.15) is 0 Å². The number of thiazole rings is 1. The number of ether oxygens (including phenoxy) is 1. The first-order chi connectivity index (χ1) is 10.6. The van der Waals surface area contributed by atoms with Gasteiger partial charge in [-0.1, -0.05) is 11.6 Å². The Bertz CT molecular complexity index is 839. The van der Waals surface area contributed by atoms with Gasteiger partial charge >= 0.3 is 0 Å². The molecule has 0 N–H and O–H groups in total. The summed E-state index contributed by atoms with van der Waals surface area (Å²) in [5.41, 5.74) is 3.13. The molecule has 3 rings (SSSR count). The van der Waals surface area contributed by atoms with Gasteiger partial charge < -0.3 is 4.74 Å². The Morgan fingerprint density at radius 3 is 2.95 bits per heavy atom. The molecule has 0 aliphatic heterocycles. The van der Waals surface area contributed by atoms with Crippen LogP contribution in [0.2, 0.25) is 5.02 Å². The van der Waals surface area contributed by atoms with Crippen LogP contribution >= 0.6 is 22.9 Å². The Morgan fingerprint density at radius 1 is 1.41 bits per heavy atom. The van der Waals surface area contributed by atoms with E-state index in [1.54, 1.807) is 17.7 Å². The fourth-order valence-electron chi connectivity index (χ4n) is 2.35. The molecule has 112 valence electrons. The van der Waals surface area contributed by atoms with Gasteiger partial charge in [0.05, 0.1) is 18.5 Å². The molecule has 0 saturated carbocycles. The summed E-state index contributed by atoms with van der Waals surface area (Å²) in [6.45, 7) is 1.94. The van der Waals surface area contributed by atoms with Gasteiger partial charge in [0.25, 0.3) is 0 Å². The molecule has 4 nitrogen and oxygen atoms in total. The average Bonchev–Trinajstić information content (AvgIpc) is 3.15. The van der Waals surface area contributed by atoms with Crippen molar-refractivity contribution in [2.45, 2.75) is 6.92 Å². The van der Waals surface area contributed by atoms with Gasteiger partial charge in [0.1, 0.15) is 5.75 Å². The lowest BCUT2D eigenvalue weighted by atomic mass is 10.1. The Balaban J connectivity index is 2.10. The monoisotopic (exact) mass is 332 g/mol. The zero-order chi connectivity index (χ0) is 15.7. The van der Waals surface area contributed by atoms with E-state index in [-0.39, 0.29) is 0 Å². The molecule has 2 aromatic heterocycles. The quantitative estimate of drug-likeness (QED) is 0.666. The van der Waals surface area contributed by atoms with Gasteiger partial charge in [-0.05, 0) is 36.8 Å². The normalized spacial score (nSPS) is 10.7. The van der Waals surface area contributed by atoms with E-state index >= 15 is 0 Å². The average molecular weight is 333 g/mol. The van der Waals surface area contributed by atoms with Gasteiger partial charge in [-0.25, -0.2) is 4.98 Å². The minimum absolute atomic E-state index is 0.565. The zero-order valence-corrected chi connectivity index (χ0v) is 13.6. The Labute approximate surface area is 136 Å². The maximum Gasteiger partial charge on any atom is 0.194 e. The number of hydrogen-bond acceptors (Lipinski definition) is 4. The van der Waals surface area contributed by atoms with Crippen molar-refractivity contribution in [2.24, 2.45) is 0 Å². The Hall–Kier alpha value is -2.11. The van der Waals surface area contributed by atoms with E-state index in [1.807, 2.05) is 36.7 Å². The van der Waals surface area contributed by atoms with Crippen LogP contribution in [-0.2, 0) is 0 Å². The number of aromatic nitrogens is 2. The van der Waals surface area contributed by atoms with E-state index in [4.69, 9.17) is 16.3 Å². The maximum atomic E-state index is 11.0. The molecule has 0 unspecified atom stereocenters. The summed E-state index contributed by atoms with van der Waals surface area (Å²) >= 11 is 7.61. The molecular weight excluding hydrogens is 320 g/mol. The predicted octanol–water partition coefficient (Wildman–Crippen LogP) is 4.38. The topological polar surface area (TPSA) is 44.1 Å². The molecule has 0 atom stereocenters. The second-order valence-electron chi connectivity index (χ2n) is 4.74. The van der Waals surface area contributed by atoms with Crippen molar-refractivity contribution in [3.8, 4) is 22.1 Å². The lowest BCUT2D eigenvalue weighted by Gasteiger charge is -2.10. The van der Waals surface area contributed by atoms with E-state index in [0.29, 0.717) is 10.7 Å². The minimum atomic E-state index is 0.565. The van der Waals surface area contributed by atoms with E-state index in [9.17, 15) is 4.79 Å². The van der Waals surface area contributed by atoms with Crippen molar-refractivity contribution in [3.63, 3.8) is 0 Å². The molecule has 0 spiro atoms. The van der Waals surface area contributed by atoms with Crippen LogP contribution in [0.4, 0.5) is 0 Å². The summed E-state index contributed by atoms with van der Waals surface area (Å²) in [5, 5.41) is 3.29. The smallest absolute Gasteiger partial charge is 0.194 e. The molecule has 3 aromatic rings.